The first-order valence-electron chi connectivity index (χ1n) is 5.58. The lowest BCUT2D eigenvalue weighted by Gasteiger charge is -2.23. The Labute approximate surface area is 95.8 Å². The second-order valence-electron chi connectivity index (χ2n) is 4.79. The maximum atomic E-state index is 9.83. The van der Waals surface area contributed by atoms with Gasteiger partial charge < -0.3 is 10.0 Å². The minimum Gasteiger partial charge on any atom is -0.389 e. The Hall–Kier alpha value is 0.400. The molecule has 84 valence electrons. The van der Waals surface area contributed by atoms with E-state index in [1.165, 1.54) is 12.8 Å². The van der Waals surface area contributed by atoms with Crippen LogP contribution in [0.2, 0.25) is 0 Å². The molecule has 2 unspecified atom stereocenters. The zero-order valence-electron chi connectivity index (χ0n) is 9.30. The second kappa shape index (κ2) is 5.47. The molecule has 0 spiro atoms. The normalized spacial score (nSPS) is 30.9. The Morgan fingerprint density at radius 1 is 1.57 bits per heavy atom. The molecule has 0 aromatic carbocycles. The van der Waals surface area contributed by atoms with E-state index in [1.807, 2.05) is 6.92 Å². The van der Waals surface area contributed by atoms with Crippen LogP contribution >= 0.6 is 15.9 Å². The predicted molar refractivity (Wildman–Crippen MR) is 63.9 cm³/mol. The summed E-state index contributed by atoms with van der Waals surface area (Å²) in [5.41, 5.74) is -0.441. The summed E-state index contributed by atoms with van der Waals surface area (Å²) in [6, 6.07) is 0. The maximum absolute atomic E-state index is 9.83. The topological polar surface area (TPSA) is 23.5 Å². The molecular weight excluding hydrogens is 242 g/mol. The standard InChI is InChI=1S/C11H22BrNO/c1-3-4-10(7-12)8-13-6-5-11(2,14)9-13/h10,14H,3-9H2,1-2H3. The molecule has 2 nitrogen and oxygen atoms in total. The number of halogens is 1. The highest BCUT2D eigenvalue weighted by molar-refractivity contribution is 9.09. The lowest BCUT2D eigenvalue weighted by molar-refractivity contribution is 0.0669. The molecule has 0 aromatic rings. The van der Waals surface area contributed by atoms with Crippen molar-refractivity contribution < 1.29 is 5.11 Å². The van der Waals surface area contributed by atoms with Gasteiger partial charge in [0.05, 0.1) is 5.60 Å². The highest BCUT2D eigenvalue weighted by atomic mass is 79.9. The van der Waals surface area contributed by atoms with Crippen molar-refractivity contribution >= 4 is 15.9 Å². The van der Waals surface area contributed by atoms with Crippen LogP contribution in [0.1, 0.15) is 33.1 Å². The molecule has 0 aliphatic carbocycles. The molecule has 0 aromatic heterocycles. The number of rotatable bonds is 5. The molecule has 1 aliphatic heterocycles. The number of β-amino-alcohol motifs (C(OH)–C–C–N with tert-alkyl or cyclic N) is 1. The molecule has 3 heteroatoms. The average molecular weight is 264 g/mol. The molecule has 1 N–H and O–H groups in total. The number of nitrogens with zero attached hydrogens (tertiary/aromatic N) is 1. The Morgan fingerprint density at radius 2 is 2.29 bits per heavy atom. The maximum Gasteiger partial charge on any atom is 0.0758 e. The summed E-state index contributed by atoms with van der Waals surface area (Å²) in [5.74, 6) is 0.744. The van der Waals surface area contributed by atoms with E-state index in [2.05, 4.69) is 27.8 Å². The Balaban J connectivity index is 2.30. The number of alkyl halides is 1. The SMILES string of the molecule is CCCC(CBr)CN1CCC(C)(O)C1. The summed E-state index contributed by atoms with van der Waals surface area (Å²) in [7, 11) is 0. The van der Waals surface area contributed by atoms with Crippen molar-refractivity contribution in [3.63, 3.8) is 0 Å². The van der Waals surface area contributed by atoms with E-state index in [0.29, 0.717) is 0 Å². The van der Waals surface area contributed by atoms with Crippen molar-refractivity contribution in [2.24, 2.45) is 5.92 Å². The van der Waals surface area contributed by atoms with E-state index >= 15 is 0 Å². The highest BCUT2D eigenvalue weighted by Gasteiger charge is 2.31. The largest absolute Gasteiger partial charge is 0.389 e. The molecule has 1 rings (SSSR count). The van der Waals surface area contributed by atoms with Crippen molar-refractivity contribution in [1.29, 1.82) is 0 Å². The van der Waals surface area contributed by atoms with Crippen LogP contribution in [-0.2, 0) is 0 Å². The number of hydrogen-bond donors (Lipinski definition) is 1. The summed E-state index contributed by atoms with van der Waals surface area (Å²) in [6.45, 7) is 7.21. The van der Waals surface area contributed by atoms with Crippen LogP contribution in [0.25, 0.3) is 0 Å². The van der Waals surface area contributed by atoms with Crippen LogP contribution in [-0.4, -0.2) is 40.6 Å². The second-order valence-corrected chi connectivity index (χ2v) is 5.44. The number of hydrogen-bond acceptors (Lipinski definition) is 2. The van der Waals surface area contributed by atoms with Gasteiger partial charge in [-0.15, -0.1) is 0 Å². The summed E-state index contributed by atoms with van der Waals surface area (Å²) in [6.07, 6.45) is 3.46. The van der Waals surface area contributed by atoms with Crippen molar-refractivity contribution in [2.45, 2.75) is 38.7 Å². The fraction of sp³-hybridized carbons (Fsp3) is 1.00. The number of likely N-dealkylation sites (tertiary alicyclic amines) is 1. The molecule has 0 bridgehead atoms. The quantitative estimate of drug-likeness (QED) is 0.770. The van der Waals surface area contributed by atoms with E-state index in [4.69, 9.17) is 0 Å². The average Bonchev–Trinajstić information content (AvgIpc) is 2.45. The highest BCUT2D eigenvalue weighted by Crippen LogP contribution is 2.22. The molecule has 1 heterocycles. The Kier molecular flexibility index (Phi) is 4.88. The van der Waals surface area contributed by atoms with Gasteiger partial charge in [0.25, 0.3) is 0 Å². The third-order valence-corrected chi connectivity index (χ3v) is 3.88. The van der Waals surface area contributed by atoms with Crippen molar-refractivity contribution in [2.75, 3.05) is 25.0 Å². The molecule has 1 aliphatic rings. The smallest absolute Gasteiger partial charge is 0.0758 e. The van der Waals surface area contributed by atoms with Crippen LogP contribution < -0.4 is 0 Å². The number of aliphatic hydroxyl groups is 1. The minimum atomic E-state index is -0.441. The van der Waals surface area contributed by atoms with E-state index in [9.17, 15) is 5.11 Å². The monoisotopic (exact) mass is 263 g/mol. The molecule has 1 fully saturated rings. The molecular formula is C11H22BrNO. The zero-order chi connectivity index (χ0) is 10.6. The van der Waals surface area contributed by atoms with Crippen LogP contribution in [0.15, 0.2) is 0 Å². The van der Waals surface area contributed by atoms with Gasteiger partial charge in [-0.1, -0.05) is 29.3 Å². The molecule has 0 radical (unpaired) electrons. The summed E-state index contributed by atoms with van der Waals surface area (Å²) < 4.78 is 0. The first-order valence-corrected chi connectivity index (χ1v) is 6.70. The fourth-order valence-electron chi connectivity index (χ4n) is 2.19. The predicted octanol–water partition coefficient (Wildman–Crippen LogP) is 2.25. The third-order valence-electron chi connectivity index (χ3n) is 2.96. The third kappa shape index (κ3) is 3.87. The van der Waals surface area contributed by atoms with Crippen molar-refractivity contribution in [1.82, 2.24) is 4.90 Å². The van der Waals surface area contributed by atoms with E-state index in [1.54, 1.807) is 0 Å². The van der Waals surface area contributed by atoms with Crippen LogP contribution in [0, 0.1) is 5.92 Å². The molecule has 0 saturated carbocycles. The van der Waals surface area contributed by atoms with Crippen LogP contribution in [0.5, 0.6) is 0 Å². The minimum absolute atomic E-state index is 0.441. The molecule has 2 atom stereocenters. The van der Waals surface area contributed by atoms with Gasteiger partial charge in [0, 0.05) is 25.0 Å². The van der Waals surface area contributed by atoms with E-state index < -0.39 is 5.60 Å². The first kappa shape index (κ1) is 12.5. The summed E-state index contributed by atoms with van der Waals surface area (Å²) in [5, 5.41) is 10.9. The van der Waals surface area contributed by atoms with Gasteiger partial charge in [-0.3, -0.25) is 0 Å². The Bertz CT molecular complexity index is 173. The molecule has 14 heavy (non-hydrogen) atoms. The van der Waals surface area contributed by atoms with Gasteiger partial charge in [-0.05, 0) is 25.7 Å². The summed E-state index contributed by atoms with van der Waals surface area (Å²) >= 11 is 3.56. The van der Waals surface area contributed by atoms with Gasteiger partial charge in [0.15, 0.2) is 0 Å². The van der Waals surface area contributed by atoms with Crippen molar-refractivity contribution in [3.8, 4) is 0 Å². The van der Waals surface area contributed by atoms with Crippen LogP contribution in [0.4, 0.5) is 0 Å². The van der Waals surface area contributed by atoms with Gasteiger partial charge in [0.1, 0.15) is 0 Å². The summed E-state index contributed by atoms with van der Waals surface area (Å²) in [4.78, 5) is 2.39. The molecule has 1 saturated heterocycles. The lowest BCUT2D eigenvalue weighted by atomic mass is 10.1. The zero-order valence-corrected chi connectivity index (χ0v) is 10.9. The van der Waals surface area contributed by atoms with Gasteiger partial charge >= 0.3 is 0 Å². The fourth-order valence-corrected chi connectivity index (χ4v) is 2.71. The van der Waals surface area contributed by atoms with Crippen molar-refractivity contribution in [3.05, 3.63) is 0 Å². The first-order chi connectivity index (χ1) is 6.57. The van der Waals surface area contributed by atoms with Gasteiger partial charge in [0.2, 0.25) is 0 Å². The van der Waals surface area contributed by atoms with Gasteiger partial charge in [-0.25, -0.2) is 0 Å². The Morgan fingerprint density at radius 3 is 2.71 bits per heavy atom. The van der Waals surface area contributed by atoms with Gasteiger partial charge in [-0.2, -0.15) is 0 Å². The lowest BCUT2D eigenvalue weighted by Crippen LogP contribution is -2.33. The molecule has 0 amide bonds. The van der Waals surface area contributed by atoms with E-state index in [-0.39, 0.29) is 0 Å². The van der Waals surface area contributed by atoms with Crippen LogP contribution in [0.3, 0.4) is 0 Å². The van der Waals surface area contributed by atoms with E-state index in [0.717, 1.165) is 37.3 Å².